The quantitative estimate of drug-likeness (QED) is 0.857. The van der Waals surface area contributed by atoms with Crippen molar-refractivity contribution in [3.05, 3.63) is 0 Å². The Balaban J connectivity index is 1.99. The number of carbonyl (C=O) groups is 2. The number of nitrogens with zero attached hydrogens (tertiary/aromatic N) is 1. The van der Waals surface area contributed by atoms with E-state index in [2.05, 4.69) is 5.32 Å². The van der Waals surface area contributed by atoms with E-state index in [0.717, 1.165) is 25.9 Å². The molecule has 6 heteroatoms. The highest BCUT2D eigenvalue weighted by Gasteiger charge is 2.48. The van der Waals surface area contributed by atoms with Crippen molar-refractivity contribution in [1.29, 1.82) is 0 Å². The van der Waals surface area contributed by atoms with Crippen LogP contribution in [0.1, 0.15) is 53.9 Å². The first-order valence-corrected chi connectivity index (χ1v) is 8.95. The van der Waals surface area contributed by atoms with E-state index in [9.17, 15) is 9.59 Å². The molecule has 24 heavy (non-hydrogen) atoms. The molecule has 1 N–H and O–H groups in total. The van der Waals surface area contributed by atoms with Gasteiger partial charge >= 0.3 is 6.09 Å². The first kappa shape index (κ1) is 19.0. The monoisotopic (exact) mass is 340 g/mol. The summed E-state index contributed by atoms with van der Waals surface area (Å²) in [7, 11) is 0. The molecule has 0 radical (unpaired) electrons. The van der Waals surface area contributed by atoms with Gasteiger partial charge in [-0.15, -0.1) is 0 Å². The van der Waals surface area contributed by atoms with Gasteiger partial charge < -0.3 is 14.8 Å². The lowest BCUT2D eigenvalue weighted by Crippen LogP contribution is -2.53. The summed E-state index contributed by atoms with van der Waals surface area (Å²) in [5.74, 6) is 0.274. The Kier molecular flexibility index (Phi) is 5.78. The minimum absolute atomic E-state index is 0.0890. The number of amides is 2. The van der Waals surface area contributed by atoms with Crippen LogP contribution in [0.5, 0.6) is 0 Å². The van der Waals surface area contributed by atoms with Gasteiger partial charge in [-0.05, 0) is 51.4 Å². The molecule has 6 nitrogen and oxygen atoms in total. The zero-order valence-electron chi connectivity index (χ0n) is 15.7. The van der Waals surface area contributed by atoms with Gasteiger partial charge in [-0.3, -0.25) is 9.69 Å². The second-order valence-electron chi connectivity index (χ2n) is 8.64. The van der Waals surface area contributed by atoms with Crippen LogP contribution in [0.15, 0.2) is 0 Å². The maximum absolute atomic E-state index is 12.8. The molecule has 2 fully saturated rings. The van der Waals surface area contributed by atoms with Crippen LogP contribution in [0.25, 0.3) is 0 Å². The van der Waals surface area contributed by atoms with Crippen LogP contribution in [-0.2, 0) is 14.3 Å². The van der Waals surface area contributed by atoms with Gasteiger partial charge in [0.25, 0.3) is 0 Å². The molecule has 0 saturated carbocycles. The van der Waals surface area contributed by atoms with Gasteiger partial charge in [-0.1, -0.05) is 13.8 Å². The fraction of sp³-hybridized carbons (Fsp3) is 0.889. The largest absolute Gasteiger partial charge is 0.444 e. The topological polar surface area (TPSA) is 67.9 Å². The van der Waals surface area contributed by atoms with Gasteiger partial charge in [0.05, 0.1) is 6.61 Å². The van der Waals surface area contributed by atoms with Crippen LogP contribution < -0.4 is 5.32 Å². The fourth-order valence-electron chi connectivity index (χ4n) is 3.42. The Morgan fingerprint density at radius 2 is 2.04 bits per heavy atom. The normalized spacial score (nSPS) is 27.0. The van der Waals surface area contributed by atoms with Crippen molar-refractivity contribution in [2.24, 2.45) is 11.3 Å². The van der Waals surface area contributed by atoms with E-state index in [-0.39, 0.29) is 11.3 Å². The molecule has 0 aromatic heterocycles. The maximum atomic E-state index is 12.8. The molecule has 2 amide bonds. The van der Waals surface area contributed by atoms with E-state index in [1.165, 1.54) is 0 Å². The van der Waals surface area contributed by atoms with Gasteiger partial charge in [0.15, 0.2) is 0 Å². The van der Waals surface area contributed by atoms with Crippen LogP contribution in [0.4, 0.5) is 4.79 Å². The first-order chi connectivity index (χ1) is 11.1. The number of ether oxygens (including phenoxy) is 2. The lowest BCUT2D eigenvalue weighted by atomic mass is 9.84. The molecule has 0 aliphatic carbocycles. The molecule has 0 bridgehead atoms. The molecule has 2 heterocycles. The third kappa shape index (κ3) is 4.85. The van der Waals surface area contributed by atoms with E-state index >= 15 is 0 Å². The molecule has 2 atom stereocenters. The minimum atomic E-state index is -0.565. The van der Waals surface area contributed by atoms with Crippen molar-refractivity contribution in [2.45, 2.75) is 65.5 Å². The number of carbonyl (C=O) groups excluding carboxylic acids is 2. The van der Waals surface area contributed by atoms with E-state index in [1.807, 2.05) is 34.6 Å². The van der Waals surface area contributed by atoms with Gasteiger partial charge in [0.2, 0.25) is 5.91 Å². The van der Waals surface area contributed by atoms with E-state index in [4.69, 9.17) is 9.47 Å². The highest BCUT2D eigenvalue weighted by atomic mass is 16.6. The van der Waals surface area contributed by atoms with Crippen molar-refractivity contribution >= 4 is 12.0 Å². The Morgan fingerprint density at radius 3 is 2.62 bits per heavy atom. The highest BCUT2D eigenvalue weighted by molar-refractivity contribution is 5.87. The van der Waals surface area contributed by atoms with Crippen molar-refractivity contribution in [1.82, 2.24) is 10.2 Å². The van der Waals surface area contributed by atoms with Crippen LogP contribution in [0.2, 0.25) is 0 Å². The average molecular weight is 340 g/mol. The Morgan fingerprint density at radius 1 is 1.33 bits per heavy atom. The zero-order chi connectivity index (χ0) is 18.0. The highest BCUT2D eigenvalue weighted by Crippen LogP contribution is 2.37. The van der Waals surface area contributed by atoms with Gasteiger partial charge in [-0.25, -0.2) is 4.79 Å². The van der Waals surface area contributed by atoms with Crippen molar-refractivity contribution < 1.29 is 19.1 Å². The summed E-state index contributed by atoms with van der Waals surface area (Å²) in [5, 5.41) is 3.03. The molecule has 2 aliphatic rings. The molecule has 0 spiro atoms. The van der Waals surface area contributed by atoms with Gasteiger partial charge in [-0.2, -0.15) is 0 Å². The third-order valence-corrected chi connectivity index (χ3v) is 4.74. The summed E-state index contributed by atoms with van der Waals surface area (Å²) in [6.45, 7) is 12.2. The first-order valence-electron chi connectivity index (χ1n) is 8.95. The second kappa shape index (κ2) is 7.30. The predicted octanol–water partition coefficient (Wildman–Crippen LogP) is 2.56. The number of likely N-dealkylation sites (tertiary alicyclic amines) is 1. The lowest BCUT2D eigenvalue weighted by molar-refractivity contribution is -0.128. The van der Waals surface area contributed by atoms with Crippen LogP contribution in [0.3, 0.4) is 0 Å². The van der Waals surface area contributed by atoms with Crippen LogP contribution in [0, 0.1) is 11.3 Å². The number of hydrogen-bond donors (Lipinski definition) is 1. The summed E-state index contributed by atoms with van der Waals surface area (Å²) in [4.78, 5) is 26.8. The molecule has 2 aliphatic heterocycles. The summed E-state index contributed by atoms with van der Waals surface area (Å²) >= 11 is 0. The van der Waals surface area contributed by atoms with Gasteiger partial charge in [0.1, 0.15) is 11.6 Å². The SMILES string of the molecule is CC(C)(C)OC(=O)N1CCC(C)(C)[C@@H]1C(=O)NC[C@@H]1CCCOC1. The van der Waals surface area contributed by atoms with Crippen molar-refractivity contribution in [2.75, 3.05) is 26.3 Å². The molecule has 0 aromatic carbocycles. The minimum Gasteiger partial charge on any atom is -0.444 e. The van der Waals surface area contributed by atoms with Crippen molar-refractivity contribution in [3.8, 4) is 0 Å². The average Bonchev–Trinajstić information content (AvgIpc) is 2.80. The summed E-state index contributed by atoms with van der Waals surface area (Å²) < 4.78 is 10.9. The lowest BCUT2D eigenvalue weighted by Gasteiger charge is -2.33. The molecule has 0 unspecified atom stereocenters. The van der Waals surface area contributed by atoms with Crippen LogP contribution in [-0.4, -0.2) is 54.8 Å². The molecule has 0 aromatic rings. The van der Waals surface area contributed by atoms with Gasteiger partial charge in [0, 0.05) is 19.7 Å². The third-order valence-electron chi connectivity index (χ3n) is 4.74. The Bertz CT molecular complexity index is 464. The fourth-order valence-corrected chi connectivity index (χ4v) is 3.42. The number of nitrogens with one attached hydrogen (secondary N) is 1. The van der Waals surface area contributed by atoms with E-state index < -0.39 is 17.7 Å². The molecular formula is C18H32N2O4. The summed E-state index contributed by atoms with van der Waals surface area (Å²) in [5.41, 5.74) is -0.825. The summed E-state index contributed by atoms with van der Waals surface area (Å²) in [6, 6.07) is -0.489. The Hall–Kier alpha value is -1.30. The number of hydrogen-bond acceptors (Lipinski definition) is 4. The molecule has 138 valence electrons. The molecular weight excluding hydrogens is 308 g/mol. The number of rotatable bonds is 3. The molecule has 2 saturated heterocycles. The molecule has 2 rings (SSSR count). The second-order valence-corrected chi connectivity index (χ2v) is 8.64. The summed E-state index contributed by atoms with van der Waals surface area (Å²) in [6.07, 6.45) is 2.50. The van der Waals surface area contributed by atoms with Crippen LogP contribution >= 0.6 is 0 Å². The van der Waals surface area contributed by atoms with E-state index in [0.29, 0.717) is 25.6 Å². The maximum Gasteiger partial charge on any atom is 0.410 e. The Labute approximate surface area is 145 Å². The smallest absolute Gasteiger partial charge is 0.410 e. The zero-order valence-corrected chi connectivity index (χ0v) is 15.7. The van der Waals surface area contributed by atoms with Crippen molar-refractivity contribution in [3.63, 3.8) is 0 Å². The predicted molar refractivity (Wildman–Crippen MR) is 91.7 cm³/mol. The van der Waals surface area contributed by atoms with E-state index in [1.54, 1.807) is 4.90 Å². The standard InChI is InChI=1S/C18H32N2O4/c1-17(2,3)24-16(22)20-9-8-18(4,5)14(20)15(21)19-11-13-7-6-10-23-12-13/h13-14H,6-12H2,1-5H3,(H,19,21)/t13-,14-/m0/s1.